The second kappa shape index (κ2) is 2.75. The second-order valence-corrected chi connectivity index (χ2v) is 3.09. The van der Waals surface area contributed by atoms with E-state index in [1.54, 1.807) is 16.7 Å². The average molecular weight is 192 g/mol. The van der Waals surface area contributed by atoms with Crippen LogP contribution >= 0.6 is 11.6 Å². The Hall–Kier alpha value is -1.53. The van der Waals surface area contributed by atoms with Gasteiger partial charge in [-0.1, -0.05) is 0 Å². The van der Waals surface area contributed by atoms with Gasteiger partial charge in [-0.25, -0.2) is 4.98 Å². The molecule has 0 atom stereocenters. The Morgan fingerprint density at radius 1 is 1.54 bits per heavy atom. The summed E-state index contributed by atoms with van der Waals surface area (Å²) in [6.07, 6.45) is 0. The van der Waals surface area contributed by atoms with E-state index in [0.717, 1.165) is 11.0 Å². The third kappa shape index (κ3) is 1.16. The van der Waals surface area contributed by atoms with Crippen molar-refractivity contribution in [1.82, 2.24) is 9.55 Å². The lowest BCUT2D eigenvalue weighted by Gasteiger charge is -1.93. The molecule has 0 aliphatic rings. The molecule has 1 aromatic carbocycles. The van der Waals surface area contributed by atoms with Gasteiger partial charge in [0.25, 0.3) is 0 Å². The number of nitriles is 1. The summed E-state index contributed by atoms with van der Waals surface area (Å²) in [6.45, 7) is 0. The Morgan fingerprint density at radius 2 is 2.31 bits per heavy atom. The zero-order chi connectivity index (χ0) is 9.42. The van der Waals surface area contributed by atoms with Crippen molar-refractivity contribution in [1.29, 1.82) is 5.26 Å². The summed E-state index contributed by atoms with van der Waals surface area (Å²) in [5.74, 6) is 0. The maximum absolute atomic E-state index is 8.66. The van der Waals surface area contributed by atoms with E-state index in [2.05, 4.69) is 11.1 Å². The van der Waals surface area contributed by atoms with Crippen molar-refractivity contribution in [2.24, 2.45) is 7.05 Å². The lowest BCUT2D eigenvalue weighted by atomic mass is 10.2. The summed E-state index contributed by atoms with van der Waals surface area (Å²) in [5.41, 5.74) is 2.29. The van der Waals surface area contributed by atoms with Crippen LogP contribution in [0.5, 0.6) is 0 Å². The predicted octanol–water partition coefficient (Wildman–Crippen LogP) is 2.10. The molecule has 4 heteroatoms. The molecule has 0 amide bonds. The third-order valence-corrected chi connectivity index (χ3v) is 2.29. The molecule has 0 bridgehead atoms. The molecule has 1 heterocycles. The van der Waals surface area contributed by atoms with Gasteiger partial charge in [-0.2, -0.15) is 5.26 Å². The van der Waals surface area contributed by atoms with Crippen LogP contribution in [0.15, 0.2) is 18.2 Å². The van der Waals surface area contributed by atoms with Crippen LogP contribution in [0.25, 0.3) is 11.0 Å². The van der Waals surface area contributed by atoms with E-state index in [9.17, 15) is 0 Å². The van der Waals surface area contributed by atoms with Crippen LogP contribution in [-0.4, -0.2) is 9.55 Å². The minimum absolute atomic E-state index is 0.435. The monoisotopic (exact) mass is 191 g/mol. The normalized spacial score (nSPS) is 10.2. The van der Waals surface area contributed by atoms with Gasteiger partial charge in [0.15, 0.2) is 0 Å². The van der Waals surface area contributed by atoms with Gasteiger partial charge in [-0.15, -0.1) is 0 Å². The number of aryl methyl sites for hydroxylation is 1. The SMILES string of the molecule is Cn1c(Cl)nc2cc(C#N)ccc21. The van der Waals surface area contributed by atoms with Crippen molar-refractivity contribution < 1.29 is 0 Å². The van der Waals surface area contributed by atoms with Crippen LogP contribution in [0.4, 0.5) is 0 Å². The molecule has 2 rings (SSSR count). The van der Waals surface area contributed by atoms with Crippen LogP contribution < -0.4 is 0 Å². The first-order valence-corrected chi connectivity index (χ1v) is 4.12. The number of benzene rings is 1. The van der Waals surface area contributed by atoms with E-state index >= 15 is 0 Å². The Kier molecular flexibility index (Phi) is 1.71. The highest BCUT2D eigenvalue weighted by Crippen LogP contribution is 2.18. The second-order valence-electron chi connectivity index (χ2n) is 2.76. The number of halogens is 1. The quantitative estimate of drug-likeness (QED) is 0.640. The number of hydrogen-bond acceptors (Lipinski definition) is 2. The van der Waals surface area contributed by atoms with Crippen LogP contribution in [-0.2, 0) is 7.05 Å². The van der Waals surface area contributed by atoms with Gasteiger partial charge < -0.3 is 4.57 Å². The lowest BCUT2D eigenvalue weighted by molar-refractivity contribution is 0.949. The van der Waals surface area contributed by atoms with Gasteiger partial charge in [-0.05, 0) is 29.8 Å². The fourth-order valence-electron chi connectivity index (χ4n) is 1.24. The number of imidazole rings is 1. The zero-order valence-electron chi connectivity index (χ0n) is 6.95. The first-order chi connectivity index (χ1) is 6.22. The molecule has 0 saturated carbocycles. The zero-order valence-corrected chi connectivity index (χ0v) is 7.71. The first-order valence-electron chi connectivity index (χ1n) is 3.74. The molecule has 0 fully saturated rings. The molecule has 0 aliphatic carbocycles. The molecule has 64 valence electrons. The fraction of sp³-hybridized carbons (Fsp3) is 0.111. The summed E-state index contributed by atoms with van der Waals surface area (Å²) in [7, 11) is 1.84. The molecular weight excluding hydrogens is 186 g/mol. The highest BCUT2D eigenvalue weighted by Gasteiger charge is 2.05. The minimum Gasteiger partial charge on any atom is -0.318 e. The molecule has 0 unspecified atom stereocenters. The number of hydrogen-bond donors (Lipinski definition) is 0. The van der Waals surface area contributed by atoms with Crippen LogP contribution in [0.1, 0.15) is 5.56 Å². The predicted molar refractivity (Wildman–Crippen MR) is 50.4 cm³/mol. The molecule has 2 aromatic rings. The molecule has 0 saturated heterocycles. The summed E-state index contributed by atoms with van der Waals surface area (Å²) in [6, 6.07) is 7.37. The summed E-state index contributed by atoms with van der Waals surface area (Å²) < 4.78 is 1.78. The van der Waals surface area contributed by atoms with Crippen LogP contribution in [0.3, 0.4) is 0 Å². The Labute approximate surface area is 80.2 Å². The van der Waals surface area contributed by atoms with Crippen molar-refractivity contribution in [3.05, 3.63) is 29.0 Å². The summed E-state index contributed by atoms with van der Waals surface area (Å²) >= 11 is 5.82. The van der Waals surface area contributed by atoms with E-state index in [-0.39, 0.29) is 0 Å². The topological polar surface area (TPSA) is 41.6 Å². The van der Waals surface area contributed by atoms with E-state index in [4.69, 9.17) is 16.9 Å². The molecular formula is C9H6ClN3. The third-order valence-electron chi connectivity index (χ3n) is 1.96. The van der Waals surface area contributed by atoms with Gasteiger partial charge in [0.2, 0.25) is 5.28 Å². The number of nitrogens with zero attached hydrogens (tertiary/aromatic N) is 3. The summed E-state index contributed by atoms with van der Waals surface area (Å²) in [5, 5.41) is 9.09. The average Bonchev–Trinajstić information content (AvgIpc) is 2.42. The Balaban J connectivity index is 2.82. The van der Waals surface area contributed by atoms with Crippen molar-refractivity contribution in [2.45, 2.75) is 0 Å². The lowest BCUT2D eigenvalue weighted by Crippen LogP contribution is -1.85. The molecule has 0 radical (unpaired) electrons. The van der Waals surface area contributed by atoms with E-state index in [1.165, 1.54) is 0 Å². The molecule has 1 aromatic heterocycles. The highest BCUT2D eigenvalue weighted by molar-refractivity contribution is 6.29. The molecule has 13 heavy (non-hydrogen) atoms. The summed E-state index contributed by atoms with van der Waals surface area (Å²) in [4.78, 5) is 4.10. The maximum Gasteiger partial charge on any atom is 0.203 e. The molecule has 0 N–H and O–H groups in total. The smallest absolute Gasteiger partial charge is 0.203 e. The largest absolute Gasteiger partial charge is 0.318 e. The van der Waals surface area contributed by atoms with Gasteiger partial charge in [0.1, 0.15) is 0 Å². The van der Waals surface area contributed by atoms with Gasteiger partial charge in [-0.3, -0.25) is 0 Å². The maximum atomic E-state index is 8.66. The van der Waals surface area contributed by atoms with Crippen LogP contribution in [0, 0.1) is 11.3 Å². The van der Waals surface area contributed by atoms with E-state index < -0.39 is 0 Å². The van der Waals surface area contributed by atoms with E-state index in [0.29, 0.717) is 10.8 Å². The van der Waals surface area contributed by atoms with Crippen molar-refractivity contribution >= 4 is 22.6 Å². The number of aromatic nitrogens is 2. The highest BCUT2D eigenvalue weighted by atomic mass is 35.5. The standard InChI is InChI=1S/C9H6ClN3/c1-13-8-3-2-6(5-11)4-7(8)12-9(13)10/h2-4H,1H3. The van der Waals surface area contributed by atoms with Crippen molar-refractivity contribution in [2.75, 3.05) is 0 Å². The molecule has 0 spiro atoms. The van der Waals surface area contributed by atoms with Crippen LogP contribution in [0.2, 0.25) is 5.28 Å². The Morgan fingerprint density at radius 3 is 3.00 bits per heavy atom. The van der Waals surface area contributed by atoms with Crippen molar-refractivity contribution in [3.8, 4) is 6.07 Å². The van der Waals surface area contributed by atoms with Gasteiger partial charge in [0, 0.05) is 7.05 Å². The van der Waals surface area contributed by atoms with E-state index in [1.807, 2.05) is 13.1 Å². The molecule has 0 aliphatic heterocycles. The van der Waals surface area contributed by atoms with Crippen molar-refractivity contribution in [3.63, 3.8) is 0 Å². The fourth-order valence-corrected chi connectivity index (χ4v) is 1.42. The number of rotatable bonds is 0. The first kappa shape index (κ1) is 8.09. The molecule has 3 nitrogen and oxygen atoms in total. The minimum atomic E-state index is 0.435. The van der Waals surface area contributed by atoms with Gasteiger partial charge in [0.05, 0.1) is 22.7 Å². The Bertz CT molecular complexity index is 507. The number of fused-ring (bicyclic) bond motifs is 1. The van der Waals surface area contributed by atoms with Gasteiger partial charge >= 0.3 is 0 Å².